The molecule has 0 bridgehead atoms. The molecule has 3 N–H and O–H groups in total. The van der Waals surface area contributed by atoms with E-state index in [1.54, 1.807) is 24.4 Å². The highest BCUT2D eigenvalue weighted by molar-refractivity contribution is 5.72. The third kappa shape index (κ3) is 1.46. The highest BCUT2D eigenvalue weighted by Gasteiger charge is 2.10. The van der Waals surface area contributed by atoms with Crippen LogP contribution in [0.1, 0.15) is 0 Å². The number of nitrogens with zero attached hydrogens (tertiary/aromatic N) is 2. The number of pyridine rings is 1. The largest absolute Gasteiger partial charge is 0.396 e. The van der Waals surface area contributed by atoms with Gasteiger partial charge >= 0.3 is 5.69 Å². The number of benzene rings is 1. The molecule has 0 spiro atoms. The van der Waals surface area contributed by atoms with E-state index in [0.717, 1.165) is 0 Å². The number of nitrogens with two attached hydrogens (primary N) is 1. The van der Waals surface area contributed by atoms with Crippen molar-refractivity contribution in [1.82, 2.24) is 14.5 Å². The minimum atomic E-state index is -0.565. The Bertz CT molecular complexity index is 790. The van der Waals surface area contributed by atoms with Crippen molar-refractivity contribution in [2.24, 2.45) is 0 Å². The first-order valence-electron chi connectivity index (χ1n) is 5.28. The van der Waals surface area contributed by atoms with Gasteiger partial charge in [-0.3, -0.25) is 0 Å². The molecule has 0 aliphatic carbocycles. The lowest BCUT2D eigenvalue weighted by Gasteiger charge is -2.03. The zero-order chi connectivity index (χ0) is 12.7. The minimum absolute atomic E-state index is 0.0413. The van der Waals surface area contributed by atoms with Gasteiger partial charge in [0, 0.05) is 12.3 Å². The van der Waals surface area contributed by atoms with Crippen molar-refractivity contribution in [3.05, 3.63) is 52.8 Å². The number of aromatic amines is 1. The normalized spacial score (nSPS) is 10.9. The summed E-state index contributed by atoms with van der Waals surface area (Å²) in [5, 5.41) is 0. The number of aromatic nitrogens is 3. The van der Waals surface area contributed by atoms with Crippen molar-refractivity contribution in [2.75, 3.05) is 5.73 Å². The van der Waals surface area contributed by atoms with Crippen LogP contribution in [-0.4, -0.2) is 14.5 Å². The Morgan fingerprint density at radius 3 is 2.94 bits per heavy atom. The number of fused-ring (bicyclic) bond motifs is 1. The van der Waals surface area contributed by atoms with E-state index in [0.29, 0.717) is 16.9 Å². The van der Waals surface area contributed by atoms with Crippen LogP contribution in [0, 0.1) is 5.82 Å². The van der Waals surface area contributed by atoms with Gasteiger partial charge in [-0.1, -0.05) is 0 Å². The summed E-state index contributed by atoms with van der Waals surface area (Å²) >= 11 is 0. The van der Waals surface area contributed by atoms with Gasteiger partial charge in [-0.25, -0.2) is 18.7 Å². The van der Waals surface area contributed by atoms with Gasteiger partial charge in [-0.2, -0.15) is 0 Å². The zero-order valence-corrected chi connectivity index (χ0v) is 9.22. The molecule has 0 saturated heterocycles. The fraction of sp³-hybridized carbons (Fsp3) is 0. The maximum absolute atomic E-state index is 13.4. The number of nitrogen functional groups attached to an aromatic ring is 1. The number of imidazole rings is 1. The fourth-order valence-corrected chi connectivity index (χ4v) is 1.83. The molecular weight excluding hydrogens is 235 g/mol. The molecule has 0 amide bonds. The molecule has 6 heteroatoms. The molecule has 0 aliphatic heterocycles. The van der Waals surface area contributed by atoms with Gasteiger partial charge in [-0.05, 0) is 24.3 Å². The second-order valence-electron chi connectivity index (χ2n) is 3.85. The molecule has 2 heterocycles. The Balaban J connectivity index is 2.34. The minimum Gasteiger partial charge on any atom is -0.396 e. The Labute approximate surface area is 101 Å². The van der Waals surface area contributed by atoms with Crippen molar-refractivity contribution in [1.29, 1.82) is 0 Å². The van der Waals surface area contributed by atoms with E-state index in [1.807, 2.05) is 0 Å². The van der Waals surface area contributed by atoms with Crippen LogP contribution in [0.2, 0.25) is 0 Å². The topological polar surface area (TPSA) is 76.7 Å². The van der Waals surface area contributed by atoms with Gasteiger partial charge in [-0.15, -0.1) is 0 Å². The van der Waals surface area contributed by atoms with Crippen LogP contribution in [0.25, 0.3) is 16.9 Å². The third-order valence-electron chi connectivity index (χ3n) is 2.69. The SMILES string of the molecule is Nc1ccc(-n2c(=O)[nH]c3cccnc32)cc1F. The van der Waals surface area contributed by atoms with Crippen molar-refractivity contribution in [3.8, 4) is 5.69 Å². The first-order valence-corrected chi connectivity index (χ1v) is 5.28. The monoisotopic (exact) mass is 244 g/mol. The van der Waals surface area contributed by atoms with Gasteiger partial charge in [0.2, 0.25) is 0 Å². The Morgan fingerprint density at radius 1 is 1.33 bits per heavy atom. The van der Waals surface area contributed by atoms with Gasteiger partial charge in [0.1, 0.15) is 5.82 Å². The third-order valence-corrected chi connectivity index (χ3v) is 2.69. The summed E-state index contributed by atoms with van der Waals surface area (Å²) in [6.07, 6.45) is 1.57. The highest BCUT2D eigenvalue weighted by atomic mass is 19.1. The first kappa shape index (κ1) is 10.5. The van der Waals surface area contributed by atoms with Crippen LogP contribution >= 0.6 is 0 Å². The number of nitrogens with one attached hydrogen (secondary N) is 1. The van der Waals surface area contributed by atoms with E-state index < -0.39 is 5.82 Å². The number of halogens is 1. The zero-order valence-electron chi connectivity index (χ0n) is 9.22. The lowest BCUT2D eigenvalue weighted by molar-refractivity contribution is 0.631. The van der Waals surface area contributed by atoms with E-state index >= 15 is 0 Å². The molecule has 90 valence electrons. The van der Waals surface area contributed by atoms with Gasteiger partial charge in [0.05, 0.1) is 16.9 Å². The number of hydrogen-bond donors (Lipinski definition) is 2. The van der Waals surface area contributed by atoms with Crippen molar-refractivity contribution in [3.63, 3.8) is 0 Å². The molecule has 3 aromatic rings. The molecule has 5 nitrogen and oxygen atoms in total. The van der Waals surface area contributed by atoms with Crippen molar-refractivity contribution in [2.45, 2.75) is 0 Å². The summed E-state index contributed by atoms with van der Waals surface area (Å²) in [5.74, 6) is -0.565. The van der Waals surface area contributed by atoms with Gasteiger partial charge < -0.3 is 10.7 Å². The summed E-state index contributed by atoms with van der Waals surface area (Å²) < 4.78 is 14.7. The molecular formula is C12H9FN4O. The van der Waals surface area contributed by atoms with E-state index in [-0.39, 0.29) is 11.4 Å². The van der Waals surface area contributed by atoms with Crippen LogP contribution < -0.4 is 11.4 Å². The van der Waals surface area contributed by atoms with Crippen LogP contribution in [-0.2, 0) is 0 Å². The number of H-pyrrole nitrogens is 1. The standard InChI is InChI=1S/C12H9FN4O/c13-8-6-7(3-4-9(8)14)17-11-10(16-12(17)18)2-1-5-15-11/h1-6H,14H2,(H,16,18). The van der Waals surface area contributed by atoms with Crippen LogP contribution in [0.3, 0.4) is 0 Å². The Kier molecular flexibility index (Phi) is 2.16. The summed E-state index contributed by atoms with van der Waals surface area (Å²) in [4.78, 5) is 18.6. The van der Waals surface area contributed by atoms with E-state index in [9.17, 15) is 9.18 Å². The molecule has 0 unspecified atom stereocenters. The average Bonchev–Trinajstić information content (AvgIpc) is 2.69. The van der Waals surface area contributed by atoms with E-state index in [4.69, 9.17) is 5.73 Å². The lowest BCUT2D eigenvalue weighted by Crippen LogP contribution is -2.15. The van der Waals surface area contributed by atoms with Crippen molar-refractivity contribution < 1.29 is 4.39 Å². The summed E-state index contributed by atoms with van der Waals surface area (Å²) in [6.45, 7) is 0. The number of hydrogen-bond acceptors (Lipinski definition) is 3. The number of anilines is 1. The predicted octanol–water partition coefficient (Wildman–Crippen LogP) is 1.44. The fourth-order valence-electron chi connectivity index (χ4n) is 1.83. The molecule has 3 rings (SSSR count). The molecule has 18 heavy (non-hydrogen) atoms. The molecule has 0 fully saturated rings. The second-order valence-corrected chi connectivity index (χ2v) is 3.85. The maximum Gasteiger partial charge on any atom is 0.332 e. The first-order chi connectivity index (χ1) is 8.66. The summed E-state index contributed by atoms with van der Waals surface area (Å²) in [7, 11) is 0. The van der Waals surface area contributed by atoms with Crippen molar-refractivity contribution >= 4 is 16.9 Å². The summed E-state index contributed by atoms with van der Waals surface area (Å²) in [5.41, 5.74) is 6.51. The predicted molar refractivity (Wildman–Crippen MR) is 66.1 cm³/mol. The van der Waals surface area contributed by atoms with Crippen LogP contribution in [0.4, 0.5) is 10.1 Å². The molecule has 0 radical (unpaired) electrons. The highest BCUT2D eigenvalue weighted by Crippen LogP contribution is 2.17. The molecule has 0 aliphatic rings. The van der Waals surface area contributed by atoms with E-state index in [2.05, 4.69) is 9.97 Å². The molecule has 0 saturated carbocycles. The molecule has 2 aromatic heterocycles. The number of rotatable bonds is 1. The Morgan fingerprint density at radius 2 is 2.17 bits per heavy atom. The Hall–Kier alpha value is -2.63. The molecule has 0 atom stereocenters. The smallest absolute Gasteiger partial charge is 0.332 e. The van der Waals surface area contributed by atoms with Gasteiger partial charge in [0.15, 0.2) is 5.65 Å². The quantitative estimate of drug-likeness (QED) is 0.636. The molecule has 1 aromatic carbocycles. The van der Waals surface area contributed by atoms with Crippen LogP contribution in [0.15, 0.2) is 41.3 Å². The maximum atomic E-state index is 13.4. The average molecular weight is 244 g/mol. The second kappa shape index (κ2) is 3.69. The van der Waals surface area contributed by atoms with Gasteiger partial charge in [0.25, 0.3) is 0 Å². The van der Waals surface area contributed by atoms with Crippen LogP contribution in [0.5, 0.6) is 0 Å². The lowest BCUT2D eigenvalue weighted by atomic mass is 10.2. The summed E-state index contributed by atoms with van der Waals surface area (Å²) in [6, 6.07) is 7.64. The van der Waals surface area contributed by atoms with E-state index in [1.165, 1.54) is 16.7 Å².